The molecule has 0 amide bonds. The molecule has 1 aliphatic heterocycles. The third-order valence-electron chi connectivity index (χ3n) is 6.57. The molecule has 3 fully saturated rings. The first kappa shape index (κ1) is 11.4. The molecule has 0 spiro atoms. The second-order valence-electron chi connectivity index (χ2n) is 6.93. The van der Waals surface area contributed by atoms with Gasteiger partial charge in [-0.15, -0.1) is 0 Å². The zero-order valence-electron chi connectivity index (χ0n) is 11.2. The van der Waals surface area contributed by atoms with Gasteiger partial charge in [-0.2, -0.15) is 0 Å². The first-order valence-electron chi connectivity index (χ1n) is 7.06. The van der Waals surface area contributed by atoms with Gasteiger partial charge >= 0.3 is 0 Å². The van der Waals surface area contributed by atoms with Crippen LogP contribution in [0.15, 0.2) is 30.3 Å². The van der Waals surface area contributed by atoms with E-state index < -0.39 is 7.92 Å². The fourth-order valence-corrected chi connectivity index (χ4v) is 9.23. The summed E-state index contributed by atoms with van der Waals surface area (Å²) in [5.74, 6) is 0.773. The van der Waals surface area contributed by atoms with Crippen LogP contribution >= 0.6 is 7.92 Å². The van der Waals surface area contributed by atoms with Crippen LogP contribution < -0.4 is 5.30 Å². The van der Waals surface area contributed by atoms with Gasteiger partial charge in [-0.05, 0) is 50.0 Å². The van der Waals surface area contributed by atoms with Gasteiger partial charge in [0.2, 0.25) is 0 Å². The Kier molecular flexibility index (Phi) is 2.03. The van der Waals surface area contributed by atoms with E-state index in [0.29, 0.717) is 5.41 Å². The maximum absolute atomic E-state index is 11.4. The monoisotopic (exact) mass is 260 g/mol. The third kappa shape index (κ3) is 1.00. The molecule has 96 valence electrons. The molecule has 4 rings (SSSR count). The van der Waals surface area contributed by atoms with Crippen LogP contribution in [0.2, 0.25) is 0 Å². The number of rotatable bonds is 1. The molecule has 1 unspecified atom stereocenters. The standard InChI is InChI=1S/C16H21OP/c1-14-11-18(13-6-4-3-5-7-13)16(17)10-12(14)8-9-15(14,16)2/h3-7,12,17H,8-11H2,1-2H3/t12-,14+,15-,16-,18?/m1/s1. The lowest BCUT2D eigenvalue weighted by Gasteiger charge is -2.42. The zero-order valence-corrected chi connectivity index (χ0v) is 12.1. The van der Waals surface area contributed by atoms with E-state index in [2.05, 4.69) is 44.2 Å². The molecule has 0 radical (unpaired) electrons. The van der Waals surface area contributed by atoms with E-state index in [4.69, 9.17) is 0 Å². The van der Waals surface area contributed by atoms with Crippen molar-refractivity contribution in [3.63, 3.8) is 0 Å². The Bertz CT molecular complexity index is 501. The summed E-state index contributed by atoms with van der Waals surface area (Å²) in [5.41, 5.74) is 0.565. The fourth-order valence-electron chi connectivity index (χ4n) is 5.15. The molecule has 2 aliphatic carbocycles. The Balaban J connectivity index is 1.84. The second kappa shape index (κ2) is 3.19. The van der Waals surface area contributed by atoms with E-state index in [0.717, 1.165) is 12.3 Å². The Morgan fingerprint density at radius 1 is 1.22 bits per heavy atom. The van der Waals surface area contributed by atoms with Crippen molar-refractivity contribution in [3.8, 4) is 0 Å². The summed E-state index contributed by atoms with van der Waals surface area (Å²) in [5, 5.41) is 12.4. The molecule has 1 saturated heterocycles. The molecule has 2 saturated carbocycles. The van der Waals surface area contributed by atoms with Crippen LogP contribution in [0.4, 0.5) is 0 Å². The first-order chi connectivity index (χ1) is 8.51. The number of hydrogen-bond donors (Lipinski definition) is 1. The normalized spacial score (nSPS) is 53.1. The molecule has 4 bridgehead atoms. The average Bonchev–Trinajstić information content (AvgIpc) is 2.79. The summed E-state index contributed by atoms with van der Waals surface area (Å²) < 4.78 is 0. The largest absolute Gasteiger partial charge is 0.384 e. The summed E-state index contributed by atoms with van der Waals surface area (Å²) in [6.45, 7) is 4.82. The molecule has 1 aromatic rings. The summed E-state index contributed by atoms with van der Waals surface area (Å²) in [4.78, 5) is 0. The van der Waals surface area contributed by atoms with Gasteiger partial charge in [0.25, 0.3) is 0 Å². The van der Waals surface area contributed by atoms with Gasteiger partial charge in [0.1, 0.15) is 0 Å². The molecule has 2 heteroatoms. The van der Waals surface area contributed by atoms with Gasteiger partial charge < -0.3 is 5.11 Å². The minimum atomic E-state index is -0.392. The van der Waals surface area contributed by atoms with Crippen molar-refractivity contribution < 1.29 is 5.11 Å². The predicted octanol–water partition coefficient (Wildman–Crippen LogP) is 3.32. The fraction of sp³-hybridized carbons (Fsp3) is 0.625. The second-order valence-corrected chi connectivity index (χ2v) is 9.36. The minimum absolute atomic E-state index is 0.173. The summed E-state index contributed by atoms with van der Waals surface area (Å²) in [7, 11) is -0.392. The Morgan fingerprint density at radius 3 is 2.56 bits per heavy atom. The third-order valence-corrected chi connectivity index (χ3v) is 10.0. The highest BCUT2D eigenvalue weighted by Crippen LogP contribution is 2.85. The number of benzene rings is 1. The maximum atomic E-state index is 11.4. The highest BCUT2D eigenvalue weighted by atomic mass is 31.1. The Morgan fingerprint density at radius 2 is 1.94 bits per heavy atom. The molecular weight excluding hydrogens is 239 g/mol. The molecule has 18 heavy (non-hydrogen) atoms. The van der Waals surface area contributed by atoms with Crippen LogP contribution in [-0.4, -0.2) is 16.6 Å². The molecule has 3 aliphatic rings. The van der Waals surface area contributed by atoms with Gasteiger partial charge in [-0.25, -0.2) is 0 Å². The van der Waals surface area contributed by atoms with Crippen molar-refractivity contribution in [3.05, 3.63) is 30.3 Å². The van der Waals surface area contributed by atoms with Crippen molar-refractivity contribution in [2.24, 2.45) is 16.7 Å². The summed E-state index contributed by atoms with van der Waals surface area (Å²) in [6.07, 6.45) is 4.87. The molecule has 5 atom stereocenters. The summed E-state index contributed by atoms with van der Waals surface area (Å²) in [6, 6.07) is 10.8. The highest BCUT2D eigenvalue weighted by Gasteiger charge is 2.77. The number of hydrogen-bond acceptors (Lipinski definition) is 1. The molecule has 0 aromatic heterocycles. The quantitative estimate of drug-likeness (QED) is 0.768. The lowest BCUT2D eigenvalue weighted by Crippen LogP contribution is -2.41. The smallest absolute Gasteiger partial charge is 0.0937 e. The van der Waals surface area contributed by atoms with E-state index in [1.54, 1.807) is 0 Å². The van der Waals surface area contributed by atoms with Crippen LogP contribution in [0.5, 0.6) is 0 Å². The Labute approximate surface area is 110 Å². The molecule has 1 N–H and O–H groups in total. The molecular formula is C16H21OP. The zero-order chi connectivity index (χ0) is 12.6. The van der Waals surface area contributed by atoms with E-state index in [-0.39, 0.29) is 10.8 Å². The van der Waals surface area contributed by atoms with Crippen molar-refractivity contribution in [2.45, 2.75) is 38.5 Å². The number of aliphatic hydroxyl groups is 1. The molecule has 1 aromatic carbocycles. The van der Waals surface area contributed by atoms with Gasteiger partial charge in [0, 0.05) is 5.41 Å². The van der Waals surface area contributed by atoms with E-state index in [9.17, 15) is 5.11 Å². The van der Waals surface area contributed by atoms with Gasteiger partial charge in [-0.3, -0.25) is 0 Å². The predicted molar refractivity (Wildman–Crippen MR) is 76.4 cm³/mol. The van der Waals surface area contributed by atoms with Crippen LogP contribution in [0.1, 0.15) is 33.1 Å². The van der Waals surface area contributed by atoms with Crippen LogP contribution in [0, 0.1) is 16.7 Å². The van der Waals surface area contributed by atoms with Crippen LogP contribution in [0.25, 0.3) is 0 Å². The van der Waals surface area contributed by atoms with Crippen LogP contribution in [0.3, 0.4) is 0 Å². The van der Waals surface area contributed by atoms with Gasteiger partial charge in [0.05, 0.1) is 5.34 Å². The molecule has 1 heterocycles. The van der Waals surface area contributed by atoms with Crippen LogP contribution in [-0.2, 0) is 0 Å². The van der Waals surface area contributed by atoms with E-state index in [1.165, 1.54) is 24.3 Å². The van der Waals surface area contributed by atoms with Crippen molar-refractivity contribution in [1.82, 2.24) is 0 Å². The van der Waals surface area contributed by atoms with Crippen molar-refractivity contribution >= 4 is 13.2 Å². The van der Waals surface area contributed by atoms with Crippen molar-refractivity contribution in [2.75, 3.05) is 6.16 Å². The van der Waals surface area contributed by atoms with E-state index >= 15 is 0 Å². The summed E-state index contributed by atoms with van der Waals surface area (Å²) >= 11 is 0. The highest BCUT2D eigenvalue weighted by molar-refractivity contribution is 7.67. The SMILES string of the molecule is C[C@]12CC[C@@H]3C[C@@]1(O)P(c1ccccc1)C[C@@]32C. The first-order valence-corrected chi connectivity index (χ1v) is 8.59. The topological polar surface area (TPSA) is 20.2 Å². The minimum Gasteiger partial charge on any atom is -0.384 e. The lowest BCUT2D eigenvalue weighted by molar-refractivity contribution is -0.00380. The average molecular weight is 260 g/mol. The van der Waals surface area contributed by atoms with Crippen molar-refractivity contribution in [1.29, 1.82) is 0 Å². The van der Waals surface area contributed by atoms with Gasteiger partial charge in [0.15, 0.2) is 0 Å². The van der Waals surface area contributed by atoms with E-state index in [1.807, 2.05) is 0 Å². The maximum Gasteiger partial charge on any atom is 0.0937 e. The van der Waals surface area contributed by atoms with Gasteiger partial charge in [-0.1, -0.05) is 44.2 Å². The molecule has 1 nitrogen and oxygen atoms in total. The lowest BCUT2D eigenvalue weighted by atomic mass is 9.70. The Hall–Kier alpha value is -0.390.